The van der Waals surface area contributed by atoms with Crippen molar-refractivity contribution < 1.29 is 17.9 Å². The largest absolute Gasteiger partial charge is 0.368 e. The molecule has 0 aliphatic carbocycles. The highest BCUT2D eigenvalue weighted by Crippen LogP contribution is 2.16. The molecular weight excluding hydrogens is 485 g/mol. The molecule has 2 N–H and O–H groups in total. The molecule has 2 fully saturated rings. The lowest BCUT2D eigenvalue weighted by Crippen LogP contribution is -2.55. The maximum atomic E-state index is 12.4. The molecule has 0 radical (unpaired) electrons. The lowest BCUT2D eigenvalue weighted by atomic mass is 10.2. The van der Waals surface area contributed by atoms with Crippen LogP contribution in [0.25, 0.3) is 0 Å². The van der Waals surface area contributed by atoms with Crippen LogP contribution in [0.1, 0.15) is 26.2 Å². The summed E-state index contributed by atoms with van der Waals surface area (Å²) < 4.78 is 30.1. The van der Waals surface area contributed by atoms with Crippen LogP contribution < -0.4 is 10.0 Å². The predicted octanol–water partition coefficient (Wildman–Crippen LogP) is -0.168. The fraction of sp³-hybridized carbons (Fsp3) is 0.875. The van der Waals surface area contributed by atoms with E-state index in [2.05, 4.69) is 19.9 Å². The second-order valence-electron chi connectivity index (χ2n) is 6.57. The third kappa shape index (κ3) is 8.48. The van der Waals surface area contributed by atoms with Gasteiger partial charge in [0.2, 0.25) is 10.0 Å². The number of carbonyl (C=O) groups is 1. The van der Waals surface area contributed by atoms with Gasteiger partial charge in [-0.05, 0) is 26.2 Å². The molecule has 0 bridgehead atoms. The van der Waals surface area contributed by atoms with Gasteiger partial charge in [-0.1, -0.05) is 0 Å². The molecule has 158 valence electrons. The molecule has 1 amide bonds. The molecular formula is C16H32IN5O4S. The summed E-state index contributed by atoms with van der Waals surface area (Å²) in [7, 11) is -3.15. The number of amides is 1. The van der Waals surface area contributed by atoms with Gasteiger partial charge in [0.05, 0.1) is 6.26 Å². The summed E-state index contributed by atoms with van der Waals surface area (Å²) in [5, 5.41) is 3.27. The maximum Gasteiger partial charge on any atom is 0.251 e. The summed E-state index contributed by atoms with van der Waals surface area (Å²) >= 11 is 0. The molecule has 2 rings (SSSR count). The van der Waals surface area contributed by atoms with E-state index >= 15 is 0 Å². The molecule has 0 aromatic heterocycles. The van der Waals surface area contributed by atoms with Gasteiger partial charge in [-0.2, -0.15) is 0 Å². The SMILES string of the molecule is CCNC(=NCCCNS(C)(=O)=O)N1CCN(C(=O)C2CCCO2)CC1.I. The zero-order valence-corrected chi connectivity index (χ0v) is 19.3. The van der Waals surface area contributed by atoms with Crippen molar-refractivity contribution >= 4 is 45.9 Å². The smallest absolute Gasteiger partial charge is 0.251 e. The summed E-state index contributed by atoms with van der Waals surface area (Å²) in [6, 6.07) is 0. The van der Waals surface area contributed by atoms with Crippen LogP contribution in [0.2, 0.25) is 0 Å². The number of rotatable bonds is 7. The van der Waals surface area contributed by atoms with E-state index in [0.717, 1.165) is 44.7 Å². The number of ether oxygens (including phenoxy) is 1. The van der Waals surface area contributed by atoms with Crippen molar-refractivity contribution in [3.05, 3.63) is 0 Å². The van der Waals surface area contributed by atoms with E-state index in [1.165, 1.54) is 0 Å². The third-order valence-electron chi connectivity index (χ3n) is 4.39. The molecule has 0 spiro atoms. The van der Waals surface area contributed by atoms with E-state index in [-0.39, 0.29) is 36.0 Å². The normalized spacial score (nSPS) is 21.1. The van der Waals surface area contributed by atoms with Crippen molar-refractivity contribution in [2.45, 2.75) is 32.3 Å². The number of hydrogen-bond donors (Lipinski definition) is 2. The topological polar surface area (TPSA) is 103 Å². The zero-order valence-electron chi connectivity index (χ0n) is 16.1. The highest BCUT2D eigenvalue weighted by atomic mass is 127. The maximum absolute atomic E-state index is 12.4. The van der Waals surface area contributed by atoms with Gasteiger partial charge in [0, 0.05) is 52.4 Å². The minimum Gasteiger partial charge on any atom is -0.368 e. The fourth-order valence-electron chi connectivity index (χ4n) is 3.06. The Morgan fingerprint density at radius 3 is 2.44 bits per heavy atom. The fourth-order valence-corrected chi connectivity index (χ4v) is 3.58. The quantitative estimate of drug-likeness (QED) is 0.211. The molecule has 1 unspecified atom stereocenters. The van der Waals surface area contributed by atoms with Gasteiger partial charge in [0.1, 0.15) is 6.10 Å². The Bertz CT molecular complexity index is 588. The molecule has 0 aromatic rings. The van der Waals surface area contributed by atoms with Gasteiger partial charge >= 0.3 is 0 Å². The number of nitrogens with one attached hydrogen (secondary N) is 2. The second-order valence-corrected chi connectivity index (χ2v) is 8.40. The Hall–Kier alpha value is -0.660. The summed E-state index contributed by atoms with van der Waals surface area (Å²) in [5.74, 6) is 0.923. The van der Waals surface area contributed by atoms with Crippen LogP contribution in [0.3, 0.4) is 0 Å². The van der Waals surface area contributed by atoms with Crippen LogP contribution in [0, 0.1) is 0 Å². The Morgan fingerprint density at radius 1 is 1.22 bits per heavy atom. The van der Waals surface area contributed by atoms with Gasteiger partial charge < -0.3 is 19.9 Å². The van der Waals surface area contributed by atoms with Crippen LogP contribution in [0.15, 0.2) is 4.99 Å². The zero-order chi connectivity index (χ0) is 19.0. The standard InChI is InChI=1S/C16H31N5O4S.HI/c1-3-17-16(18-7-5-8-19-26(2,23)24)21-11-9-20(10-12-21)15(22)14-6-4-13-25-14;/h14,19H,3-13H2,1-2H3,(H,17,18);1H. The van der Waals surface area contributed by atoms with Crippen LogP contribution >= 0.6 is 24.0 Å². The van der Waals surface area contributed by atoms with E-state index in [1.54, 1.807) is 0 Å². The molecule has 11 heteroatoms. The number of aliphatic imine (C=N–C) groups is 1. The highest BCUT2D eigenvalue weighted by molar-refractivity contribution is 14.0. The minimum absolute atomic E-state index is 0. The van der Waals surface area contributed by atoms with Crippen molar-refractivity contribution in [3.8, 4) is 0 Å². The number of nitrogens with zero attached hydrogens (tertiary/aromatic N) is 3. The first-order valence-corrected chi connectivity index (χ1v) is 11.2. The average Bonchev–Trinajstić information content (AvgIpc) is 3.14. The summed E-state index contributed by atoms with van der Waals surface area (Å²) in [6.45, 7) is 7.16. The lowest BCUT2D eigenvalue weighted by Gasteiger charge is -2.37. The first kappa shape index (κ1) is 24.4. The molecule has 0 saturated carbocycles. The van der Waals surface area contributed by atoms with Crippen LogP contribution in [-0.4, -0.2) is 94.9 Å². The van der Waals surface area contributed by atoms with E-state index < -0.39 is 10.0 Å². The van der Waals surface area contributed by atoms with Gasteiger partial charge in [-0.25, -0.2) is 13.1 Å². The van der Waals surface area contributed by atoms with Crippen molar-refractivity contribution in [3.63, 3.8) is 0 Å². The van der Waals surface area contributed by atoms with Gasteiger partial charge in [0.15, 0.2) is 5.96 Å². The van der Waals surface area contributed by atoms with E-state index in [1.807, 2.05) is 11.8 Å². The van der Waals surface area contributed by atoms with Crippen molar-refractivity contribution in [1.82, 2.24) is 19.8 Å². The molecule has 2 aliphatic heterocycles. The number of guanidine groups is 1. The number of hydrogen-bond acceptors (Lipinski definition) is 5. The van der Waals surface area contributed by atoms with E-state index in [0.29, 0.717) is 39.2 Å². The molecule has 0 aromatic carbocycles. The van der Waals surface area contributed by atoms with Gasteiger partial charge in [-0.3, -0.25) is 9.79 Å². The van der Waals surface area contributed by atoms with Gasteiger partial charge in [-0.15, -0.1) is 24.0 Å². The van der Waals surface area contributed by atoms with Crippen LogP contribution in [0.5, 0.6) is 0 Å². The number of carbonyl (C=O) groups excluding carboxylic acids is 1. The monoisotopic (exact) mass is 517 g/mol. The van der Waals surface area contributed by atoms with Crippen molar-refractivity contribution in [1.29, 1.82) is 0 Å². The third-order valence-corrected chi connectivity index (χ3v) is 5.12. The summed E-state index contributed by atoms with van der Waals surface area (Å²) in [6.07, 6.45) is 3.31. The number of halogens is 1. The average molecular weight is 517 g/mol. The molecule has 9 nitrogen and oxygen atoms in total. The number of sulfonamides is 1. The molecule has 2 heterocycles. The Kier molecular flexibility index (Phi) is 10.9. The second kappa shape index (κ2) is 12.0. The van der Waals surface area contributed by atoms with Crippen LogP contribution in [0.4, 0.5) is 0 Å². The Balaban J connectivity index is 0.00000364. The molecule has 2 aliphatic rings. The first-order chi connectivity index (χ1) is 12.4. The van der Waals surface area contributed by atoms with Gasteiger partial charge in [0.25, 0.3) is 5.91 Å². The Morgan fingerprint density at radius 2 is 1.89 bits per heavy atom. The van der Waals surface area contributed by atoms with E-state index in [9.17, 15) is 13.2 Å². The van der Waals surface area contributed by atoms with Crippen molar-refractivity contribution in [2.75, 3.05) is 58.7 Å². The first-order valence-electron chi connectivity index (χ1n) is 9.29. The minimum atomic E-state index is -3.15. The lowest BCUT2D eigenvalue weighted by molar-refractivity contribution is -0.142. The molecule has 27 heavy (non-hydrogen) atoms. The Labute approximate surface area is 179 Å². The summed E-state index contributed by atoms with van der Waals surface area (Å²) in [5.41, 5.74) is 0. The number of piperazine rings is 1. The summed E-state index contributed by atoms with van der Waals surface area (Å²) in [4.78, 5) is 21.0. The van der Waals surface area contributed by atoms with Crippen molar-refractivity contribution in [2.24, 2.45) is 4.99 Å². The van der Waals surface area contributed by atoms with E-state index in [4.69, 9.17) is 4.74 Å². The highest BCUT2D eigenvalue weighted by Gasteiger charge is 2.30. The molecule has 2 saturated heterocycles. The predicted molar refractivity (Wildman–Crippen MR) is 116 cm³/mol. The molecule has 1 atom stereocenters. The van der Waals surface area contributed by atoms with Crippen LogP contribution in [-0.2, 0) is 19.6 Å².